The fraction of sp³-hybridized carbons (Fsp3) is 0.571. The molecule has 3 rings (SSSR count). The van der Waals surface area contributed by atoms with Crippen LogP contribution in [0.3, 0.4) is 0 Å². The van der Waals surface area contributed by atoms with Gasteiger partial charge >= 0.3 is 0 Å². The second-order valence-corrected chi connectivity index (χ2v) is 15.3. The van der Waals surface area contributed by atoms with Gasteiger partial charge in [-0.15, -0.1) is 34.0 Å². The maximum atomic E-state index is 6.66. The molecule has 0 atom stereocenters. The van der Waals surface area contributed by atoms with Gasteiger partial charge in [0.15, 0.2) is 0 Å². The molecule has 0 saturated carbocycles. The van der Waals surface area contributed by atoms with Gasteiger partial charge in [0.05, 0.1) is 38.5 Å². The van der Waals surface area contributed by atoms with Gasteiger partial charge in [-0.3, -0.25) is 0 Å². The van der Waals surface area contributed by atoms with Crippen LogP contribution in [0, 0.1) is 0 Å². The number of hydrogen-bond donors (Lipinski definition) is 2. The van der Waals surface area contributed by atoms with Crippen LogP contribution < -0.4 is 11.5 Å². The fourth-order valence-corrected chi connectivity index (χ4v) is 9.43. The van der Waals surface area contributed by atoms with Crippen molar-refractivity contribution in [1.29, 1.82) is 0 Å². The van der Waals surface area contributed by atoms with Crippen LogP contribution >= 0.6 is 65.9 Å². The van der Waals surface area contributed by atoms with E-state index in [1.54, 1.807) is 34.0 Å². The van der Waals surface area contributed by atoms with Crippen molar-refractivity contribution in [3.8, 4) is 19.5 Å². The lowest BCUT2D eigenvalue weighted by atomic mass is 10.0. The summed E-state index contributed by atoms with van der Waals surface area (Å²) in [5.74, 6) is 0. The van der Waals surface area contributed by atoms with Crippen molar-refractivity contribution in [2.45, 2.75) is 104 Å². The van der Waals surface area contributed by atoms with Gasteiger partial charge in [0.2, 0.25) is 0 Å². The quantitative estimate of drug-likeness (QED) is 0.150. The molecule has 194 valence electrons. The number of nitrogen functional groups attached to an aromatic ring is 2. The van der Waals surface area contributed by atoms with Crippen molar-refractivity contribution in [2.24, 2.45) is 0 Å². The molecule has 0 spiro atoms. The Morgan fingerprint density at radius 1 is 0.543 bits per heavy atom. The van der Waals surface area contributed by atoms with Crippen LogP contribution in [0.2, 0.25) is 0 Å². The topological polar surface area (TPSA) is 52.0 Å². The minimum atomic E-state index is 0.749. The highest BCUT2D eigenvalue weighted by molar-refractivity contribution is 9.11. The Bertz CT molecular complexity index is 970. The third-order valence-corrected chi connectivity index (χ3v) is 11.5. The van der Waals surface area contributed by atoms with Gasteiger partial charge in [-0.2, -0.15) is 0 Å². The number of thiophene rings is 3. The Kier molecular flexibility index (Phi) is 12.7. The largest absolute Gasteiger partial charge is 0.396 e. The van der Waals surface area contributed by atoms with Crippen molar-refractivity contribution in [1.82, 2.24) is 0 Å². The highest BCUT2D eigenvalue weighted by Crippen LogP contribution is 2.52. The minimum absolute atomic E-state index is 0.749. The zero-order valence-electron chi connectivity index (χ0n) is 21.2. The molecule has 0 radical (unpaired) electrons. The lowest BCUT2D eigenvalue weighted by Crippen LogP contribution is -1.94. The van der Waals surface area contributed by atoms with Gasteiger partial charge in [0, 0.05) is 0 Å². The highest BCUT2D eigenvalue weighted by atomic mass is 79.9. The number of unbranched alkanes of at least 4 members (excludes halogenated alkanes) is 10. The Hall–Kier alpha value is -0.340. The maximum absolute atomic E-state index is 6.66. The van der Waals surface area contributed by atoms with E-state index in [0.29, 0.717) is 0 Å². The van der Waals surface area contributed by atoms with E-state index >= 15 is 0 Å². The predicted octanol–water partition coefficient (Wildman–Crippen LogP) is 11.7. The summed E-state index contributed by atoms with van der Waals surface area (Å²) < 4.78 is 2.34. The molecule has 0 unspecified atom stereocenters. The molecule has 0 aliphatic heterocycles. The van der Waals surface area contributed by atoms with Gasteiger partial charge in [-0.1, -0.05) is 78.1 Å². The smallest absolute Gasteiger partial charge is 0.0752 e. The van der Waals surface area contributed by atoms with E-state index in [-0.39, 0.29) is 0 Å². The molecule has 4 N–H and O–H groups in total. The van der Waals surface area contributed by atoms with E-state index in [0.717, 1.165) is 34.0 Å². The van der Waals surface area contributed by atoms with Gasteiger partial charge in [0.1, 0.15) is 0 Å². The van der Waals surface area contributed by atoms with Crippen LogP contribution in [0.15, 0.2) is 19.7 Å². The van der Waals surface area contributed by atoms with E-state index in [1.165, 1.54) is 106 Å². The number of anilines is 2. The lowest BCUT2D eigenvalue weighted by molar-refractivity contribution is 0.608. The van der Waals surface area contributed by atoms with Crippen molar-refractivity contribution in [3.05, 3.63) is 30.8 Å². The monoisotopic (exact) mass is 658 g/mol. The summed E-state index contributed by atoms with van der Waals surface area (Å²) >= 11 is 12.8. The Morgan fingerprint density at radius 3 is 1.31 bits per heavy atom. The first kappa shape index (κ1) is 29.2. The third-order valence-electron chi connectivity index (χ3n) is 6.55. The summed E-state index contributed by atoms with van der Waals surface area (Å²) in [6.45, 7) is 4.54. The van der Waals surface area contributed by atoms with Crippen LogP contribution in [-0.2, 0) is 12.8 Å². The highest BCUT2D eigenvalue weighted by Gasteiger charge is 2.23. The first-order valence-electron chi connectivity index (χ1n) is 13.2. The molecule has 35 heavy (non-hydrogen) atoms. The normalized spacial score (nSPS) is 11.5. The average molecular weight is 661 g/mol. The second-order valence-electron chi connectivity index (χ2n) is 9.43. The van der Waals surface area contributed by atoms with E-state index in [9.17, 15) is 0 Å². The summed E-state index contributed by atoms with van der Waals surface area (Å²) in [5, 5.41) is 0. The SMILES string of the molecule is CCCCCCCCc1cc(Br)sc1-c1sc(-c2sc(Br)cc2CCCCCCCC)c(N)c1N. The molecule has 2 nitrogen and oxygen atoms in total. The van der Waals surface area contributed by atoms with Gasteiger partial charge in [-0.05, 0) is 80.8 Å². The fourth-order valence-electron chi connectivity index (χ4n) is 4.53. The van der Waals surface area contributed by atoms with Crippen molar-refractivity contribution in [3.63, 3.8) is 0 Å². The van der Waals surface area contributed by atoms with Crippen LogP contribution in [0.5, 0.6) is 0 Å². The van der Waals surface area contributed by atoms with Crippen LogP contribution in [0.25, 0.3) is 19.5 Å². The molecule has 0 bridgehead atoms. The molecular formula is C28H40Br2N2S3. The zero-order valence-corrected chi connectivity index (χ0v) is 26.8. The molecular weight excluding hydrogens is 620 g/mol. The van der Waals surface area contributed by atoms with Gasteiger partial charge in [-0.25, -0.2) is 0 Å². The van der Waals surface area contributed by atoms with E-state index in [1.807, 2.05) is 0 Å². The van der Waals surface area contributed by atoms with E-state index in [2.05, 4.69) is 57.8 Å². The van der Waals surface area contributed by atoms with E-state index < -0.39 is 0 Å². The maximum Gasteiger partial charge on any atom is 0.0752 e. The average Bonchev–Trinajstić information content (AvgIpc) is 3.48. The number of nitrogens with two attached hydrogens (primary N) is 2. The molecule has 0 amide bonds. The van der Waals surface area contributed by atoms with Crippen LogP contribution in [0.1, 0.15) is 102 Å². The molecule has 0 saturated heterocycles. The Balaban J connectivity index is 1.76. The number of halogens is 2. The van der Waals surface area contributed by atoms with Crippen LogP contribution in [0.4, 0.5) is 11.4 Å². The molecule has 3 heterocycles. The Labute approximate surface area is 241 Å². The molecule has 0 aliphatic rings. The number of hydrogen-bond acceptors (Lipinski definition) is 5. The Morgan fingerprint density at radius 2 is 0.914 bits per heavy atom. The first-order chi connectivity index (χ1) is 17.0. The minimum Gasteiger partial charge on any atom is -0.396 e. The van der Waals surface area contributed by atoms with Crippen molar-refractivity contribution < 1.29 is 0 Å². The predicted molar refractivity (Wildman–Crippen MR) is 169 cm³/mol. The summed E-state index contributed by atoms with van der Waals surface area (Å²) in [6.07, 6.45) is 17.9. The number of aryl methyl sites for hydroxylation is 2. The van der Waals surface area contributed by atoms with Crippen LogP contribution in [-0.4, -0.2) is 0 Å². The first-order valence-corrected chi connectivity index (χ1v) is 17.2. The van der Waals surface area contributed by atoms with Crippen molar-refractivity contribution >= 4 is 77.2 Å². The van der Waals surface area contributed by atoms with Crippen molar-refractivity contribution in [2.75, 3.05) is 11.5 Å². The summed E-state index contributed by atoms with van der Waals surface area (Å²) in [6, 6.07) is 4.57. The molecule has 0 aromatic carbocycles. The summed E-state index contributed by atoms with van der Waals surface area (Å²) in [7, 11) is 0. The zero-order chi connectivity index (χ0) is 25.2. The third kappa shape index (κ3) is 8.33. The summed E-state index contributed by atoms with van der Waals surface area (Å²) in [4.78, 5) is 4.87. The molecule has 3 aromatic heterocycles. The number of rotatable bonds is 16. The van der Waals surface area contributed by atoms with Gasteiger partial charge in [0.25, 0.3) is 0 Å². The molecule has 0 aliphatic carbocycles. The molecule has 0 fully saturated rings. The second kappa shape index (κ2) is 15.2. The summed E-state index contributed by atoms with van der Waals surface area (Å²) in [5.41, 5.74) is 17.6. The van der Waals surface area contributed by atoms with E-state index in [4.69, 9.17) is 11.5 Å². The van der Waals surface area contributed by atoms with Gasteiger partial charge < -0.3 is 11.5 Å². The lowest BCUT2D eigenvalue weighted by Gasteiger charge is -2.04. The molecule has 3 aromatic rings. The molecule has 7 heteroatoms. The standard InChI is InChI=1S/C28H40Br2N2S3/c1-3-5-7-9-11-13-15-19-17-21(29)33-25(19)27-23(31)24(32)28(35-27)26-20(18-22(30)34-26)16-14-12-10-8-6-4-2/h17-18H,3-16,31-32H2,1-2H3.